The number of piperidine rings is 1. The summed E-state index contributed by atoms with van der Waals surface area (Å²) in [4.78, 5) is 0.232. The lowest BCUT2D eigenvalue weighted by molar-refractivity contribution is 0.243. The van der Waals surface area contributed by atoms with Gasteiger partial charge in [0, 0.05) is 23.6 Å². The summed E-state index contributed by atoms with van der Waals surface area (Å²) >= 11 is 9.25. The van der Waals surface area contributed by atoms with E-state index in [9.17, 15) is 8.42 Å². The highest BCUT2D eigenvalue weighted by atomic mass is 79.9. The average Bonchev–Trinajstić information content (AvgIpc) is 2.42. The minimum Gasteiger partial charge on any atom is -0.328 e. The van der Waals surface area contributed by atoms with Crippen LogP contribution in [0.4, 0.5) is 0 Å². The molecule has 0 bridgehead atoms. The molecule has 2 atom stereocenters. The summed E-state index contributed by atoms with van der Waals surface area (Å²) in [6, 6.07) is 4.71. The van der Waals surface area contributed by atoms with Crippen LogP contribution < -0.4 is 5.73 Å². The van der Waals surface area contributed by atoms with Crippen LogP contribution in [0, 0.1) is 5.92 Å². The quantitative estimate of drug-likeness (QED) is 0.875. The van der Waals surface area contributed by atoms with Crippen LogP contribution in [-0.4, -0.2) is 31.9 Å². The van der Waals surface area contributed by atoms with Crippen LogP contribution in [-0.2, 0) is 10.0 Å². The van der Waals surface area contributed by atoms with Crippen molar-refractivity contribution in [2.24, 2.45) is 11.7 Å². The third-order valence-electron chi connectivity index (χ3n) is 3.69. The predicted octanol–water partition coefficient (Wildman–Crippen LogP) is 2.85. The molecule has 2 N–H and O–H groups in total. The molecule has 0 spiro atoms. The summed E-state index contributed by atoms with van der Waals surface area (Å²) in [6.07, 6.45) is 1.82. The summed E-state index contributed by atoms with van der Waals surface area (Å²) < 4.78 is 27.5. The van der Waals surface area contributed by atoms with Crippen LogP contribution in [0.5, 0.6) is 0 Å². The first kappa shape index (κ1) is 16.2. The SMILES string of the molecule is CC(N)C1CCCN(S(=O)(=O)c2ccc(Br)c(Cl)c2)C1. The summed E-state index contributed by atoms with van der Waals surface area (Å²) in [5.74, 6) is 0.212. The van der Waals surface area contributed by atoms with Gasteiger partial charge in [-0.25, -0.2) is 8.42 Å². The molecule has 2 rings (SSSR count). The molecule has 1 fully saturated rings. The second-order valence-corrected chi connectivity index (χ2v) is 8.40. The number of nitrogens with zero attached hydrogens (tertiary/aromatic N) is 1. The highest BCUT2D eigenvalue weighted by molar-refractivity contribution is 9.10. The predicted molar refractivity (Wildman–Crippen MR) is 84.3 cm³/mol. The van der Waals surface area contributed by atoms with Gasteiger partial charge in [-0.05, 0) is 59.8 Å². The highest BCUT2D eigenvalue weighted by Crippen LogP contribution is 2.29. The fraction of sp³-hybridized carbons (Fsp3) is 0.538. The van der Waals surface area contributed by atoms with Crippen LogP contribution in [0.2, 0.25) is 5.02 Å². The van der Waals surface area contributed by atoms with Gasteiger partial charge in [-0.3, -0.25) is 0 Å². The van der Waals surface area contributed by atoms with E-state index in [4.69, 9.17) is 17.3 Å². The van der Waals surface area contributed by atoms with Gasteiger partial charge in [-0.2, -0.15) is 4.31 Å². The normalized spacial score (nSPS) is 22.7. The molecule has 0 aliphatic carbocycles. The van der Waals surface area contributed by atoms with E-state index in [0.29, 0.717) is 22.6 Å². The smallest absolute Gasteiger partial charge is 0.243 e. The van der Waals surface area contributed by atoms with Crippen molar-refractivity contribution in [1.82, 2.24) is 4.31 Å². The van der Waals surface area contributed by atoms with E-state index >= 15 is 0 Å². The zero-order valence-electron chi connectivity index (χ0n) is 11.2. The molecule has 0 aromatic heterocycles. The molecule has 1 aliphatic heterocycles. The molecule has 0 saturated carbocycles. The summed E-state index contributed by atoms with van der Waals surface area (Å²) in [6.45, 7) is 2.95. The number of hydrogen-bond donors (Lipinski definition) is 1. The standard InChI is InChI=1S/C13H18BrClN2O2S/c1-9(16)10-3-2-6-17(8-10)20(18,19)11-4-5-12(14)13(15)7-11/h4-5,7,9-10H,2-3,6,8,16H2,1H3. The maximum absolute atomic E-state index is 12.6. The van der Waals surface area contributed by atoms with E-state index in [-0.39, 0.29) is 16.9 Å². The van der Waals surface area contributed by atoms with Gasteiger partial charge in [0.25, 0.3) is 0 Å². The van der Waals surface area contributed by atoms with E-state index in [0.717, 1.165) is 12.8 Å². The van der Waals surface area contributed by atoms with Gasteiger partial charge in [-0.15, -0.1) is 0 Å². The average molecular weight is 382 g/mol. The molecule has 7 heteroatoms. The Morgan fingerprint density at radius 1 is 1.50 bits per heavy atom. The fourth-order valence-corrected chi connectivity index (χ4v) is 4.46. The summed E-state index contributed by atoms with van der Waals surface area (Å²) in [5, 5.41) is 0.395. The maximum Gasteiger partial charge on any atom is 0.243 e. The lowest BCUT2D eigenvalue weighted by atomic mass is 9.93. The number of benzene rings is 1. The molecule has 1 aromatic rings. The van der Waals surface area contributed by atoms with Crippen molar-refractivity contribution in [3.63, 3.8) is 0 Å². The monoisotopic (exact) mass is 380 g/mol. The fourth-order valence-electron chi connectivity index (χ4n) is 2.41. The maximum atomic E-state index is 12.6. The van der Waals surface area contributed by atoms with E-state index in [2.05, 4.69) is 15.9 Å². The van der Waals surface area contributed by atoms with Crippen molar-refractivity contribution in [3.05, 3.63) is 27.7 Å². The van der Waals surface area contributed by atoms with Gasteiger partial charge >= 0.3 is 0 Å². The van der Waals surface area contributed by atoms with Gasteiger partial charge in [0.2, 0.25) is 10.0 Å². The molecule has 4 nitrogen and oxygen atoms in total. The molecule has 20 heavy (non-hydrogen) atoms. The first-order chi connectivity index (χ1) is 9.32. The highest BCUT2D eigenvalue weighted by Gasteiger charge is 2.31. The Morgan fingerprint density at radius 3 is 2.80 bits per heavy atom. The molecule has 1 heterocycles. The Bertz CT molecular complexity index is 592. The minimum atomic E-state index is -3.50. The molecule has 0 amide bonds. The Hall–Kier alpha value is -0.140. The van der Waals surface area contributed by atoms with Crippen molar-refractivity contribution >= 4 is 37.6 Å². The van der Waals surface area contributed by atoms with Crippen LogP contribution in [0.1, 0.15) is 19.8 Å². The van der Waals surface area contributed by atoms with Gasteiger partial charge in [0.05, 0.1) is 9.92 Å². The molecule has 1 saturated heterocycles. The molecular weight excluding hydrogens is 364 g/mol. The van der Waals surface area contributed by atoms with Crippen molar-refractivity contribution in [2.45, 2.75) is 30.7 Å². The lowest BCUT2D eigenvalue weighted by Gasteiger charge is -2.33. The largest absolute Gasteiger partial charge is 0.328 e. The van der Waals surface area contributed by atoms with Gasteiger partial charge in [0.15, 0.2) is 0 Å². The number of rotatable bonds is 3. The minimum absolute atomic E-state index is 0.00139. The van der Waals surface area contributed by atoms with Gasteiger partial charge < -0.3 is 5.73 Å². The first-order valence-corrected chi connectivity index (χ1v) is 9.14. The van der Waals surface area contributed by atoms with E-state index < -0.39 is 10.0 Å². The third-order valence-corrected chi connectivity index (χ3v) is 6.79. The van der Waals surface area contributed by atoms with Gasteiger partial charge in [0.1, 0.15) is 0 Å². The van der Waals surface area contributed by atoms with Crippen LogP contribution in [0.15, 0.2) is 27.6 Å². The van der Waals surface area contributed by atoms with Crippen LogP contribution >= 0.6 is 27.5 Å². The number of hydrogen-bond acceptors (Lipinski definition) is 3. The van der Waals surface area contributed by atoms with Crippen LogP contribution in [0.3, 0.4) is 0 Å². The number of halogens is 2. The van der Waals surface area contributed by atoms with Crippen molar-refractivity contribution < 1.29 is 8.42 Å². The van der Waals surface area contributed by atoms with Crippen molar-refractivity contribution in [2.75, 3.05) is 13.1 Å². The van der Waals surface area contributed by atoms with Gasteiger partial charge in [-0.1, -0.05) is 11.6 Å². The molecule has 112 valence electrons. The molecular formula is C13H18BrClN2O2S. The second-order valence-electron chi connectivity index (χ2n) is 5.20. The Balaban J connectivity index is 2.27. The Morgan fingerprint density at radius 2 is 2.20 bits per heavy atom. The second kappa shape index (κ2) is 6.32. The Kier molecular flexibility index (Phi) is 5.13. The summed E-state index contributed by atoms with van der Waals surface area (Å²) in [5.41, 5.74) is 5.91. The Labute approximate surface area is 133 Å². The van der Waals surface area contributed by atoms with E-state index in [1.54, 1.807) is 12.1 Å². The van der Waals surface area contributed by atoms with E-state index in [1.165, 1.54) is 10.4 Å². The number of sulfonamides is 1. The zero-order valence-corrected chi connectivity index (χ0v) is 14.4. The van der Waals surface area contributed by atoms with Crippen molar-refractivity contribution in [1.29, 1.82) is 0 Å². The first-order valence-electron chi connectivity index (χ1n) is 6.53. The molecule has 1 aromatic carbocycles. The summed E-state index contributed by atoms with van der Waals surface area (Å²) in [7, 11) is -3.50. The number of nitrogens with two attached hydrogens (primary N) is 1. The topological polar surface area (TPSA) is 63.4 Å². The van der Waals surface area contributed by atoms with E-state index in [1.807, 2.05) is 6.92 Å². The van der Waals surface area contributed by atoms with Crippen LogP contribution in [0.25, 0.3) is 0 Å². The molecule has 2 unspecified atom stereocenters. The molecule has 1 aliphatic rings. The molecule has 0 radical (unpaired) electrons. The van der Waals surface area contributed by atoms with Crippen molar-refractivity contribution in [3.8, 4) is 0 Å². The zero-order chi connectivity index (χ0) is 14.9. The lowest BCUT2D eigenvalue weighted by Crippen LogP contribution is -2.44. The third kappa shape index (κ3) is 3.36.